The molecule has 2 aliphatic carbocycles. The summed E-state index contributed by atoms with van der Waals surface area (Å²) in [7, 11) is 2.36. The third-order valence-electron chi connectivity index (χ3n) is 5.04. The Morgan fingerprint density at radius 1 is 1.04 bits per heavy atom. The molecular formula is C18H24O7. The fourth-order valence-electron chi connectivity index (χ4n) is 3.93. The summed E-state index contributed by atoms with van der Waals surface area (Å²) < 4.78 is 14.6. The Morgan fingerprint density at radius 3 is 2.32 bits per heavy atom. The highest BCUT2D eigenvalue weighted by molar-refractivity contribution is 6.16. The number of Topliss-reactive ketones (excluding diaryl/α,β-unsaturated/α-hetero) is 1. The first-order valence-electron chi connectivity index (χ1n) is 8.56. The van der Waals surface area contributed by atoms with Crippen LogP contribution in [0, 0.1) is 11.3 Å². The molecule has 25 heavy (non-hydrogen) atoms. The number of ether oxygens (including phenoxy) is 3. The molecule has 0 radical (unpaired) electrons. The number of ketones is 1. The van der Waals surface area contributed by atoms with Crippen LogP contribution in [-0.2, 0) is 33.4 Å². The summed E-state index contributed by atoms with van der Waals surface area (Å²) in [5.41, 5.74) is -1.48. The molecule has 2 aliphatic rings. The van der Waals surface area contributed by atoms with Crippen molar-refractivity contribution in [2.45, 2.75) is 45.4 Å². The normalized spacial score (nSPS) is 26.4. The number of rotatable bonds is 4. The fraction of sp³-hybridized carbons (Fsp3) is 0.667. The smallest absolute Gasteiger partial charge is 0.335 e. The maximum absolute atomic E-state index is 13.0. The van der Waals surface area contributed by atoms with Crippen LogP contribution in [0.5, 0.6) is 0 Å². The van der Waals surface area contributed by atoms with Crippen molar-refractivity contribution in [3.05, 3.63) is 11.1 Å². The lowest BCUT2D eigenvalue weighted by Crippen LogP contribution is -2.57. The zero-order valence-electron chi connectivity index (χ0n) is 14.9. The van der Waals surface area contributed by atoms with E-state index in [9.17, 15) is 19.2 Å². The predicted octanol–water partition coefficient (Wildman–Crippen LogP) is 1.73. The molecule has 0 aliphatic heterocycles. The molecule has 1 saturated carbocycles. The molecule has 0 unspecified atom stereocenters. The average molecular weight is 352 g/mol. The van der Waals surface area contributed by atoms with Crippen molar-refractivity contribution < 1.29 is 33.4 Å². The number of esters is 3. The Balaban J connectivity index is 2.64. The molecule has 0 aromatic heterocycles. The van der Waals surface area contributed by atoms with Gasteiger partial charge in [0.2, 0.25) is 0 Å². The van der Waals surface area contributed by atoms with Gasteiger partial charge < -0.3 is 14.2 Å². The molecule has 0 saturated heterocycles. The van der Waals surface area contributed by atoms with E-state index in [0.717, 1.165) is 20.0 Å². The van der Waals surface area contributed by atoms with Gasteiger partial charge in [-0.05, 0) is 19.8 Å². The highest BCUT2D eigenvalue weighted by Gasteiger charge is 2.66. The van der Waals surface area contributed by atoms with Crippen LogP contribution in [0.3, 0.4) is 0 Å². The van der Waals surface area contributed by atoms with Gasteiger partial charge in [-0.2, -0.15) is 0 Å². The third kappa shape index (κ3) is 3.07. The first-order valence-corrected chi connectivity index (χ1v) is 8.56. The van der Waals surface area contributed by atoms with E-state index in [1.807, 2.05) is 0 Å². The standard InChI is InChI=1S/C18H24O7/c1-4-25-17(22)14-12(15(20)23-2)13(16(21)24-3)18(14)10-8-6-5-7-9-11(18)19/h13H,4-10H2,1-3H3/t13-,18+/m0/s1. The Morgan fingerprint density at radius 2 is 1.72 bits per heavy atom. The number of hydrogen-bond acceptors (Lipinski definition) is 7. The summed E-state index contributed by atoms with van der Waals surface area (Å²) in [5.74, 6) is -3.58. The molecule has 7 heteroatoms. The Bertz CT molecular complexity index is 619. The average Bonchev–Trinajstić information content (AvgIpc) is 2.57. The van der Waals surface area contributed by atoms with Gasteiger partial charge in [-0.15, -0.1) is 0 Å². The molecule has 0 aromatic rings. The van der Waals surface area contributed by atoms with Gasteiger partial charge in [-0.1, -0.05) is 19.3 Å². The van der Waals surface area contributed by atoms with E-state index < -0.39 is 29.2 Å². The summed E-state index contributed by atoms with van der Waals surface area (Å²) in [6.45, 7) is 1.74. The van der Waals surface area contributed by atoms with Crippen molar-refractivity contribution in [2.75, 3.05) is 20.8 Å². The monoisotopic (exact) mass is 352 g/mol. The van der Waals surface area contributed by atoms with E-state index >= 15 is 0 Å². The summed E-state index contributed by atoms with van der Waals surface area (Å²) in [6, 6.07) is 0. The minimum absolute atomic E-state index is 0.0245. The second-order valence-corrected chi connectivity index (χ2v) is 6.27. The number of hydrogen-bond donors (Lipinski definition) is 0. The summed E-state index contributed by atoms with van der Waals surface area (Å²) >= 11 is 0. The Labute approximate surface area is 146 Å². The van der Waals surface area contributed by atoms with Gasteiger partial charge in [0, 0.05) is 6.42 Å². The Kier molecular flexibility index (Phi) is 5.98. The van der Waals surface area contributed by atoms with Gasteiger partial charge in [0.15, 0.2) is 0 Å². The van der Waals surface area contributed by atoms with Crippen molar-refractivity contribution in [3.63, 3.8) is 0 Å². The van der Waals surface area contributed by atoms with E-state index in [-0.39, 0.29) is 30.0 Å². The number of carbonyl (C=O) groups is 4. The molecule has 2 atom stereocenters. The van der Waals surface area contributed by atoms with E-state index in [4.69, 9.17) is 14.2 Å². The number of methoxy groups -OCH3 is 2. The van der Waals surface area contributed by atoms with Gasteiger partial charge in [-0.3, -0.25) is 9.59 Å². The van der Waals surface area contributed by atoms with Crippen molar-refractivity contribution in [1.29, 1.82) is 0 Å². The molecule has 1 fully saturated rings. The topological polar surface area (TPSA) is 96.0 Å². The first kappa shape index (κ1) is 19.1. The lowest BCUT2D eigenvalue weighted by Gasteiger charge is -2.48. The molecule has 0 bridgehead atoms. The van der Waals surface area contributed by atoms with Crippen LogP contribution in [0.4, 0.5) is 0 Å². The predicted molar refractivity (Wildman–Crippen MR) is 86.3 cm³/mol. The van der Waals surface area contributed by atoms with E-state index in [1.165, 1.54) is 7.11 Å². The molecule has 138 valence electrons. The van der Waals surface area contributed by atoms with Crippen LogP contribution < -0.4 is 0 Å². The van der Waals surface area contributed by atoms with Gasteiger partial charge in [-0.25, -0.2) is 9.59 Å². The van der Waals surface area contributed by atoms with Crippen LogP contribution in [0.25, 0.3) is 0 Å². The van der Waals surface area contributed by atoms with Gasteiger partial charge in [0.1, 0.15) is 11.7 Å². The largest absolute Gasteiger partial charge is 0.469 e. The van der Waals surface area contributed by atoms with Crippen molar-refractivity contribution in [2.24, 2.45) is 11.3 Å². The minimum atomic E-state index is -1.34. The summed E-state index contributed by atoms with van der Waals surface area (Å²) in [6.07, 6.45) is 3.76. The van der Waals surface area contributed by atoms with Crippen molar-refractivity contribution in [1.82, 2.24) is 0 Å². The molecule has 0 aromatic carbocycles. The summed E-state index contributed by atoms with van der Waals surface area (Å²) in [4.78, 5) is 50.1. The van der Waals surface area contributed by atoms with Gasteiger partial charge >= 0.3 is 17.9 Å². The van der Waals surface area contributed by atoms with E-state index in [0.29, 0.717) is 19.3 Å². The minimum Gasteiger partial charge on any atom is -0.469 e. The molecule has 0 amide bonds. The lowest BCUT2D eigenvalue weighted by molar-refractivity contribution is -0.161. The summed E-state index contributed by atoms with van der Waals surface area (Å²) in [5, 5.41) is 0. The van der Waals surface area contributed by atoms with Gasteiger partial charge in [0.05, 0.1) is 37.4 Å². The van der Waals surface area contributed by atoms with E-state index in [1.54, 1.807) is 6.92 Å². The fourth-order valence-corrected chi connectivity index (χ4v) is 3.93. The van der Waals surface area contributed by atoms with Crippen LogP contribution in [0.2, 0.25) is 0 Å². The molecule has 2 rings (SSSR count). The quantitative estimate of drug-likeness (QED) is 0.561. The highest BCUT2D eigenvalue weighted by atomic mass is 16.5. The third-order valence-corrected chi connectivity index (χ3v) is 5.04. The maximum Gasteiger partial charge on any atom is 0.335 e. The molecule has 0 heterocycles. The second-order valence-electron chi connectivity index (χ2n) is 6.27. The zero-order chi connectivity index (χ0) is 18.6. The maximum atomic E-state index is 13.0. The number of carbonyl (C=O) groups excluding carboxylic acids is 4. The Hall–Kier alpha value is -2.18. The van der Waals surface area contributed by atoms with Crippen molar-refractivity contribution >= 4 is 23.7 Å². The molecular weight excluding hydrogens is 328 g/mol. The second kappa shape index (κ2) is 7.80. The van der Waals surface area contributed by atoms with Crippen LogP contribution >= 0.6 is 0 Å². The lowest BCUT2D eigenvalue weighted by atomic mass is 9.51. The van der Waals surface area contributed by atoms with Crippen molar-refractivity contribution in [3.8, 4) is 0 Å². The molecule has 0 N–H and O–H groups in total. The van der Waals surface area contributed by atoms with Gasteiger partial charge in [0.25, 0.3) is 0 Å². The van der Waals surface area contributed by atoms with Crippen LogP contribution in [0.15, 0.2) is 11.1 Å². The first-order chi connectivity index (χ1) is 11.9. The SMILES string of the molecule is CCOC(=O)C1=C(C(=O)OC)[C@@H](C(=O)OC)[C@]12CCCCCCC2=O. The molecule has 7 nitrogen and oxygen atoms in total. The van der Waals surface area contributed by atoms with E-state index in [2.05, 4.69) is 0 Å². The molecule has 1 spiro atoms. The van der Waals surface area contributed by atoms with Crippen LogP contribution in [-0.4, -0.2) is 44.5 Å². The zero-order valence-corrected chi connectivity index (χ0v) is 14.9. The highest BCUT2D eigenvalue weighted by Crippen LogP contribution is 2.57. The van der Waals surface area contributed by atoms with Crippen LogP contribution in [0.1, 0.15) is 45.4 Å².